The second-order valence-corrected chi connectivity index (χ2v) is 9.13. The summed E-state index contributed by atoms with van der Waals surface area (Å²) in [7, 11) is 0. The van der Waals surface area contributed by atoms with E-state index < -0.39 is 0 Å². The SMILES string of the molecule is C(=Cc1ccc(OCCCCOCC2CO2)cc1)c1ccc(OCCCCOCC2CC2)cc1. The first-order valence-corrected chi connectivity index (χ1v) is 12.8. The van der Waals surface area contributed by atoms with E-state index in [0.717, 1.165) is 93.9 Å². The molecule has 0 bridgehead atoms. The Labute approximate surface area is 204 Å². The number of unbranched alkanes of at least 4 members (excludes halogenated alkanes) is 2. The van der Waals surface area contributed by atoms with Gasteiger partial charge in [-0.1, -0.05) is 36.4 Å². The summed E-state index contributed by atoms with van der Waals surface area (Å²) in [6, 6.07) is 16.4. The molecule has 1 saturated carbocycles. The maximum atomic E-state index is 5.84. The van der Waals surface area contributed by atoms with Crippen LogP contribution in [0, 0.1) is 5.92 Å². The van der Waals surface area contributed by atoms with Crippen LogP contribution in [0.2, 0.25) is 0 Å². The molecular formula is C29H38O5. The van der Waals surface area contributed by atoms with Gasteiger partial charge in [0.05, 0.1) is 26.4 Å². The van der Waals surface area contributed by atoms with Crippen molar-refractivity contribution in [1.82, 2.24) is 0 Å². The van der Waals surface area contributed by atoms with Gasteiger partial charge in [0.25, 0.3) is 0 Å². The number of hydrogen-bond acceptors (Lipinski definition) is 5. The van der Waals surface area contributed by atoms with Gasteiger partial charge in [0.15, 0.2) is 0 Å². The van der Waals surface area contributed by atoms with Gasteiger partial charge in [0.1, 0.15) is 17.6 Å². The highest BCUT2D eigenvalue weighted by Crippen LogP contribution is 2.28. The minimum atomic E-state index is 0.346. The molecule has 1 atom stereocenters. The van der Waals surface area contributed by atoms with Crippen LogP contribution >= 0.6 is 0 Å². The van der Waals surface area contributed by atoms with Crippen LogP contribution in [0.4, 0.5) is 0 Å². The molecule has 1 unspecified atom stereocenters. The predicted octanol–water partition coefficient (Wildman–Crippen LogP) is 6.02. The number of epoxide rings is 1. The van der Waals surface area contributed by atoms with Crippen LogP contribution in [0.25, 0.3) is 12.2 Å². The van der Waals surface area contributed by atoms with Crippen molar-refractivity contribution >= 4 is 12.2 Å². The van der Waals surface area contributed by atoms with E-state index in [1.54, 1.807) is 0 Å². The van der Waals surface area contributed by atoms with E-state index in [4.69, 9.17) is 23.7 Å². The van der Waals surface area contributed by atoms with E-state index in [-0.39, 0.29) is 0 Å². The number of ether oxygens (including phenoxy) is 5. The van der Waals surface area contributed by atoms with Gasteiger partial charge in [0.2, 0.25) is 0 Å². The van der Waals surface area contributed by atoms with Crippen LogP contribution in [0.1, 0.15) is 49.7 Å². The summed E-state index contributed by atoms with van der Waals surface area (Å²) in [6.07, 6.45) is 11.4. The lowest BCUT2D eigenvalue weighted by molar-refractivity contribution is 0.110. The van der Waals surface area contributed by atoms with Crippen LogP contribution < -0.4 is 9.47 Å². The van der Waals surface area contributed by atoms with Crippen LogP contribution in [-0.2, 0) is 14.2 Å². The fourth-order valence-electron chi connectivity index (χ4n) is 3.45. The van der Waals surface area contributed by atoms with Crippen LogP contribution in [0.5, 0.6) is 11.5 Å². The van der Waals surface area contributed by atoms with Gasteiger partial charge in [0, 0.05) is 19.8 Å². The number of rotatable bonds is 18. The molecule has 1 aliphatic carbocycles. The van der Waals surface area contributed by atoms with E-state index in [2.05, 4.69) is 36.4 Å². The average molecular weight is 467 g/mol. The van der Waals surface area contributed by atoms with Gasteiger partial charge in [-0.05, 0) is 79.8 Å². The van der Waals surface area contributed by atoms with Gasteiger partial charge in [-0.2, -0.15) is 0 Å². The van der Waals surface area contributed by atoms with E-state index in [9.17, 15) is 0 Å². The molecule has 1 heterocycles. The molecule has 34 heavy (non-hydrogen) atoms. The zero-order valence-corrected chi connectivity index (χ0v) is 20.2. The Morgan fingerprint density at radius 1 is 0.647 bits per heavy atom. The highest BCUT2D eigenvalue weighted by atomic mass is 16.6. The van der Waals surface area contributed by atoms with E-state index >= 15 is 0 Å². The summed E-state index contributed by atoms with van der Waals surface area (Å²) in [5, 5.41) is 0. The maximum Gasteiger partial charge on any atom is 0.119 e. The number of hydrogen-bond donors (Lipinski definition) is 0. The fraction of sp³-hybridized carbons (Fsp3) is 0.517. The van der Waals surface area contributed by atoms with Crippen molar-refractivity contribution in [2.45, 2.75) is 44.6 Å². The Balaban J connectivity index is 1.06. The summed E-state index contributed by atoms with van der Waals surface area (Å²) in [4.78, 5) is 0. The molecule has 2 aromatic rings. The van der Waals surface area contributed by atoms with Gasteiger partial charge in [-0.25, -0.2) is 0 Å². The Hall–Kier alpha value is -2.34. The van der Waals surface area contributed by atoms with Gasteiger partial charge in [-0.3, -0.25) is 0 Å². The average Bonchev–Trinajstić information content (AvgIpc) is 3.79. The minimum Gasteiger partial charge on any atom is -0.494 e. The first-order valence-electron chi connectivity index (χ1n) is 12.8. The Kier molecular flexibility index (Phi) is 10.3. The highest BCUT2D eigenvalue weighted by molar-refractivity contribution is 5.70. The van der Waals surface area contributed by atoms with E-state index in [1.165, 1.54) is 12.8 Å². The molecule has 2 aromatic carbocycles. The third kappa shape index (κ3) is 10.3. The second kappa shape index (κ2) is 14.1. The molecule has 4 rings (SSSR count). The van der Waals surface area contributed by atoms with Crippen molar-refractivity contribution in [2.24, 2.45) is 5.92 Å². The van der Waals surface area contributed by atoms with Crippen molar-refractivity contribution < 1.29 is 23.7 Å². The molecule has 5 nitrogen and oxygen atoms in total. The smallest absolute Gasteiger partial charge is 0.119 e. The second-order valence-electron chi connectivity index (χ2n) is 9.13. The quantitative estimate of drug-likeness (QED) is 0.153. The van der Waals surface area contributed by atoms with Crippen molar-refractivity contribution in [3.63, 3.8) is 0 Å². The first-order chi connectivity index (χ1) is 16.8. The predicted molar refractivity (Wildman–Crippen MR) is 135 cm³/mol. The maximum absolute atomic E-state index is 5.84. The minimum absolute atomic E-state index is 0.346. The van der Waals surface area contributed by atoms with Gasteiger partial charge >= 0.3 is 0 Å². The summed E-state index contributed by atoms with van der Waals surface area (Å²) >= 11 is 0. The van der Waals surface area contributed by atoms with Gasteiger partial charge in [-0.15, -0.1) is 0 Å². The normalized spacial score (nSPS) is 17.2. The standard InChI is InChI=1S/C29H38O5/c1(17-30-21-26-7-8-26)3-19-32-27-13-9-24(10-14-27)5-6-25-11-15-28(16-12-25)33-20-4-2-18-31-22-29-23-34-29/h5-6,9-16,26,29H,1-4,7-8,17-23H2. The topological polar surface area (TPSA) is 49.5 Å². The molecule has 1 aliphatic heterocycles. The molecule has 5 heteroatoms. The number of benzene rings is 2. The Morgan fingerprint density at radius 3 is 1.59 bits per heavy atom. The van der Waals surface area contributed by atoms with Crippen molar-refractivity contribution in [3.05, 3.63) is 59.7 Å². The summed E-state index contributed by atoms with van der Waals surface area (Å²) in [5.74, 6) is 2.66. The van der Waals surface area contributed by atoms with Crippen molar-refractivity contribution in [3.8, 4) is 11.5 Å². The zero-order valence-electron chi connectivity index (χ0n) is 20.2. The lowest BCUT2D eigenvalue weighted by atomic mass is 10.1. The summed E-state index contributed by atoms with van der Waals surface area (Å²) in [5.41, 5.74) is 2.30. The molecule has 0 amide bonds. The zero-order chi connectivity index (χ0) is 23.3. The Bertz CT molecular complexity index is 766. The molecule has 0 spiro atoms. The van der Waals surface area contributed by atoms with Crippen LogP contribution in [0.3, 0.4) is 0 Å². The third-order valence-corrected chi connectivity index (χ3v) is 5.89. The largest absolute Gasteiger partial charge is 0.494 e. The van der Waals surface area contributed by atoms with Crippen molar-refractivity contribution in [2.75, 3.05) is 46.2 Å². The van der Waals surface area contributed by atoms with Crippen LogP contribution in [0.15, 0.2) is 48.5 Å². The molecule has 0 N–H and O–H groups in total. The first kappa shape index (κ1) is 24.8. The summed E-state index contributed by atoms with van der Waals surface area (Å²) < 4.78 is 28.0. The van der Waals surface area contributed by atoms with Crippen LogP contribution in [-0.4, -0.2) is 52.4 Å². The highest BCUT2D eigenvalue weighted by Gasteiger charge is 2.22. The lowest BCUT2D eigenvalue weighted by Gasteiger charge is -2.07. The van der Waals surface area contributed by atoms with Gasteiger partial charge < -0.3 is 23.7 Å². The molecule has 2 aliphatic rings. The monoisotopic (exact) mass is 466 g/mol. The lowest BCUT2D eigenvalue weighted by Crippen LogP contribution is -2.04. The Morgan fingerprint density at radius 2 is 1.12 bits per heavy atom. The van der Waals surface area contributed by atoms with E-state index in [1.807, 2.05) is 24.3 Å². The molecule has 0 radical (unpaired) electrons. The third-order valence-electron chi connectivity index (χ3n) is 5.89. The molecule has 2 fully saturated rings. The fourth-order valence-corrected chi connectivity index (χ4v) is 3.45. The molecule has 0 aromatic heterocycles. The molecular weight excluding hydrogens is 428 g/mol. The van der Waals surface area contributed by atoms with Crippen molar-refractivity contribution in [1.29, 1.82) is 0 Å². The summed E-state index contributed by atoms with van der Waals surface area (Å²) in [6.45, 7) is 5.60. The van der Waals surface area contributed by atoms with E-state index in [0.29, 0.717) is 12.7 Å². The molecule has 1 saturated heterocycles. The molecule has 184 valence electrons.